The molecule has 0 fully saturated rings. The van der Waals surface area contributed by atoms with E-state index in [1.807, 2.05) is 12.1 Å². The summed E-state index contributed by atoms with van der Waals surface area (Å²) in [5.74, 6) is 0.269. The van der Waals surface area contributed by atoms with Gasteiger partial charge in [0.05, 0.1) is 16.9 Å². The Balaban J connectivity index is 1.85. The Hall–Kier alpha value is -2.73. The molecule has 3 rings (SSSR count). The second-order valence-electron chi connectivity index (χ2n) is 4.83. The lowest BCUT2D eigenvalue weighted by Gasteiger charge is -2.10. The molecule has 0 bridgehead atoms. The third-order valence-corrected chi connectivity index (χ3v) is 3.52. The van der Waals surface area contributed by atoms with E-state index in [0.717, 1.165) is 5.56 Å². The predicted octanol–water partition coefficient (Wildman–Crippen LogP) is 3.53. The van der Waals surface area contributed by atoms with Crippen LogP contribution in [0.2, 0.25) is 5.02 Å². The van der Waals surface area contributed by atoms with Crippen LogP contribution in [-0.2, 0) is 6.54 Å². The van der Waals surface area contributed by atoms with Crippen LogP contribution in [0.1, 0.15) is 5.56 Å². The normalized spacial score (nSPS) is 10.5. The molecule has 0 radical (unpaired) electrons. The van der Waals surface area contributed by atoms with Gasteiger partial charge in [-0.05, 0) is 35.9 Å². The van der Waals surface area contributed by atoms with Crippen molar-refractivity contribution in [1.82, 2.24) is 15.0 Å². The fourth-order valence-corrected chi connectivity index (χ4v) is 2.19. The highest BCUT2D eigenvalue weighted by molar-refractivity contribution is 6.31. The molecule has 2 aromatic heterocycles. The van der Waals surface area contributed by atoms with Gasteiger partial charge in [-0.1, -0.05) is 11.6 Å². The van der Waals surface area contributed by atoms with Crippen molar-refractivity contribution in [1.29, 1.82) is 0 Å². The molecule has 7 heteroatoms. The number of aromatic nitrogens is 3. The second-order valence-corrected chi connectivity index (χ2v) is 5.23. The molecule has 116 valence electrons. The number of rotatable bonds is 4. The van der Waals surface area contributed by atoms with Crippen LogP contribution in [0.3, 0.4) is 0 Å². The van der Waals surface area contributed by atoms with E-state index in [9.17, 15) is 4.39 Å². The number of nitrogens with two attached hydrogens (primary N) is 1. The molecule has 1 aromatic carbocycles. The van der Waals surface area contributed by atoms with Crippen LogP contribution in [0.15, 0.2) is 48.9 Å². The van der Waals surface area contributed by atoms with Crippen molar-refractivity contribution in [2.45, 2.75) is 6.54 Å². The van der Waals surface area contributed by atoms with Gasteiger partial charge < -0.3 is 11.1 Å². The molecule has 0 amide bonds. The first-order valence-electron chi connectivity index (χ1n) is 6.84. The largest absolute Gasteiger partial charge is 0.381 e. The molecule has 2 heterocycles. The molecule has 0 unspecified atom stereocenters. The number of nitrogen functional groups attached to an aromatic ring is 1. The van der Waals surface area contributed by atoms with Crippen molar-refractivity contribution in [3.05, 3.63) is 65.3 Å². The van der Waals surface area contributed by atoms with E-state index in [0.29, 0.717) is 23.6 Å². The number of benzene rings is 1. The number of nitrogens with one attached hydrogen (secondary N) is 1. The summed E-state index contributed by atoms with van der Waals surface area (Å²) in [6.45, 7) is 0.537. The van der Waals surface area contributed by atoms with Gasteiger partial charge in [-0.25, -0.2) is 14.4 Å². The van der Waals surface area contributed by atoms with Gasteiger partial charge in [0.25, 0.3) is 0 Å². The summed E-state index contributed by atoms with van der Waals surface area (Å²) in [6.07, 6.45) is 4.95. The Kier molecular flexibility index (Phi) is 4.34. The zero-order valence-electron chi connectivity index (χ0n) is 12.0. The molecule has 5 nitrogen and oxygen atoms in total. The lowest BCUT2D eigenvalue weighted by Crippen LogP contribution is -2.07. The molecule has 0 spiro atoms. The number of hydrogen-bond acceptors (Lipinski definition) is 5. The lowest BCUT2D eigenvalue weighted by atomic mass is 10.1. The van der Waals surface area contributed by atoms with Gasteiger partial charge in [0.1, 0.15) is 5.82 Å². The molecule has 0 saturated carbocycles. The maximum Gasteiger partial charge on any atom is 0.169 e. The highest BCUT2D eigenvalue weighted by Crippen LogP contribution is 2.25. The van der Waals surface area contributed by atoms with Gasteiger partial charge in [0, 0.05) is 24.5 Å². The summed E-state index contributed by atoms with van der Waals surface area (Å²) in [5.41, 5.74) is 8.11. The minimum Gasteiger partial charge on any atom is -0.381 e. The van der Waals surface area contributed by atoms with Crippen LogP contribution in [-0.4, -0.2) is 15.0 Å². The molecule has 23 heavy (non-hydrogen) atoms. The van der Waals surface area contributed by atoms with E-state index in [4.69, 9.17) is 17.3 Å². The summed E-state index contributed by atoms with van der Waals surface area (Å²) in [7, 11) is 0. The quantitative estimate of drug-likeness (QED) is 0.765. The van der Waals surface area contributed by atoms with E-state index >= 15 is 0 Å². The van der Waals surface area contributed by atoms with E-state index in [1.54, 1.807) is 18.5 Å². The first-order chi connectivity index (χ1) is 11.1. The summed E-state index contributed by atoms with van der Waals surface area (Å²) in [6, 6.07) is 8.16. The van der Waals surface area contributed by atoms with Crippen LogP contribution in [0.25, 0.3) is 11.3 Å². The van der Waals surface area contributed by atoms with Gasteiger partial charge in [-0.2, -0.15) is 0 Å². The van der Waals surface area contributed by atoms with Crippen molar-refractivity contribution in [2.75, 3.05) is 11.1 Å². The minimum absolute atomic E-state index is 0.0346. The Bertz CT molecular complexity index is 826. The molecule has 3 N–H and O–H groups in total. The fraction of sp³-hybridized carbons (Fsp3) is 0.0625. The summed E-state index contributed by atoms with van der Waals surface area (Å²) < 4.78 is 13.3. The zero-order valence-corrected chi connectivity index (χ0v) is 12.8. The highest BCUT2D eigenvalue weighted by Gasteiger charge is 2.08. The topological polar surface area (TPSA) is 76.7 Å². The molecular formula is C16H13ClFN5. The van der Waals surface area contributed by atoms with Gasteiger partial charge in [0.15, 0.2) is 11.6 Å². The minimum atomic E-state index is -0.477. The average molecular weight is 330 g/mol. The van der Waals surface area contributed by atoms with E-state index < -0.39 is 5.82 Å². The van der Waals surface area contributed by atoms with Crippen LogP contribution >= 0.6 is 11.6 Å². The van der Waals surface area contributed by atoms with Crippen LogP contribution < -0.4 is 11.1 Å². The summed E-state index contributed by atoms with van der Waals surface area (Å²) >= 11 is 5.81. The van der Waals surface area contributed by atoms with E-state index in [1.165, 1.54) is 18.3 Å². The van der Waals surface area contributed by atoms with Gasteiger partial charge >= 0.3 is 0 Å². The fourth-order valence-electron chi connectivity index (χ4n) is 2.01. The Morgan fingerprint density at radius 1 is 1.17 bits per heavy atom. The third kappa shape index (κ3) is 3.54. The van der Waals surface area contributed by atoms with Crippen molar-refractivity contribution in [2.24, 2.45) is 0 Å². The third-order valence-electron chi connectivity index (χ3n) is 3.23. The first-order valence-corrected chi connectivity index (χ1v) is 7.22. The van der Waals surface area contributed by atoms with Crippen molar-refractivity contribution < 1.29 is 4.39 Å². The summed E-state index contributed by atoms with van der Waals surface area (Å²) in [4.78, 5) is 12.5. The number of anilines is 2. The maximum atomic E-state index is 13.3. The highest BCUT2D eigenvalue weighted by atomic mass is 35.5. The molecule has 0 aliphatic rings. The number of pyridine rings is 1. The molecule has 3 aromatic rings. The smallest absolute Gasteiger partial charge is 0.169 e. The van der Waals surface area contributed by atoms with Crippen molar-refractivity contribution in [3.63, 3.8) is 0 Å². The average Bonchev–Trinajstić information content (AvgIpc) is 2.57. The predicted molar refractivity (Wildman–Crippen MR) is 88.4 cm³/mol. The van der Waals surface area contributed by atoms with Gasteiger partial charge in [0.2, 0.25) is 0 Å². The maximum absolute atomic E-state index is 13.3. The Labute approximate surface area is 137 Å². The Morgan fingerprint density at radius 3 is 2.70 bits per heavy atom. The van der Waals surface area contributed by atoms with Crippen molar-refractivity contribution in [3.8, 4) is 11.3 Å². The van der Waals surface area contributed by atoms with Gasteiger partial charge in [-0.3, -0.25) is 4.98 Å². The number of hydrogen-bond donors (Lipinski definition) is 2. The monoisotopic (exact) mass is 329 g/mol. The molecule has 0 aliphatic heterocycles. The van der Waals surface area contributed by atoms with Crippen molar-refractivity contribution >= 4 is 23.2 Å². The van der Waals surface area contributed by atoms with E-state index in [-0.39, 0.29) is 10.8 Å². The molecule has 0 atom stereocenters. The standard InChI is InChI=1S/C16H13ClFN5/c17-12-7-11(1-2-13(12)18)14-9-21-15(19)16(23-14)22-8-10-3-5-20-6-4-10/h1-7,9H,8H2,(H2,19,21)(H,22,23). The molecule has 0 saturated heterocycles. The first kappa shape index (κ1) is 15.2. The van der Waals surface area contributed by atoms with Gasteiger partial charge in [-0.15, -0.1) is 0 Å². The number of nitrogens with zero attached hydrogens (tertiary/aromatic N) is 3. The number of halogens is 2. The van der Waals surface area contributed by atoms with Crippen LogP contribution in [0.5, 0.6) is 0 Å². The zero-order chi connectivity index (χ0) is 16.2. The van der Waals surface area contributed by atoms with Crippen LogP contribution in [0, 0.1) is 5.82 Å². The lowest BCUT2D eigenvalue weighted by molar-refractivity contribution is 0.628. The van der Waals surface area contributed by atoms with Crippen LogP contribution in [0.4, 0.5) is 16.0 Å². The van der Waals surface area contributed by atoms with E-state index in [2.05, 4.69) is 20.3 Å². The summed E-state index contributed by atoms with van der Waals surface area (Å²) in [5, 5.41) is 3.17. The SMILES string of the molecule is Nc1ncc(-c2ccc(F)c(Cl)c2)nc1NCc1ccncc1. The Morgan fingerprint density at radius 2 is 1.96 bits per heavy atom. The molecular weight excluding hydrogens is 317 g/mol. The molecule has 0 aliphatic carbocycles. The second kappa shape index (κ2) is 6.58.